The number of benzene rings is 1. The first-order chi connectivity index (χ1) is 10.1. The highest BCUT2D eigenvalue weighted by Gasteiger charge is 2.47. The summed E-state index contributed by atoms with van der Waals surface area (Å²) in [4.78, 5) is 0. The largest absolute Gasteiger partial charge is 0.464 e. The maximum Gasteiger partial charge on any atom is 0.141 e. The smallest absolute Gasteiger partial charge is 0.141 e. The van der Waals surface area contributed by atoms with Crippen molar-refractivity contribution < 1.29 is 22.0 Å². The van der Waals surface area contributed by atoms with E-state index in [4.69, 9.17) is 4.42 Å². The lowest BCUT2D eigenvalue weighted by Gasteiger charge is -2.34. The van der Waals surface area contributed by atoms with Crippen LogP contribution in [0.4, 0.5) is 17.6 Å². The molecule has 1 aromatic carbocycles. The second kappa shape index (κ2) is 5.54. The molecule has 4 atom stereocenters. The molecule has 1 aliphatic carbocycles. The fraction of sp³-hybridized carbons (Fsp3) is 0.375. The Morgan fingerprint density at radius 2 is 1.62 bits per heavy atom. The summed E-state index contributed by atoms with van der Waals surface area (Å²) in [7, 11) is 0. The molecule has 0 spiro atoms. The quantitative estimate of drug-likeness (QED) is 0.727. The van der Waals surface area contributed by atoms with Crippen molar-refractivity contribution >= 4 is 0 Å². The standard InChI is InChI=1S/C16H14F4O/c17-11-8-12(18)16(20)14(15(11)19)10-4-1-3-9(7-10)13-5-2-6-21-13/h1-7,11-12,14-16H,8H2. The maximum atomic E-state index is 14.0. The van der Waals surface area contributed by atoms with E-state index in [1.165, 1.54) is 18.4 Å². The topological polar surface area (TPSA) is 13.1 Å². The summed E-state index contributed by atoms with van der Waals surface area (Å²) >= 11 is 0. The molecule has 2 aromatic rings. The van der Waals surface area contributed by atoms with Crippen LogP contribution in [-0.4, -0.2) is 24.7 Å². The van der Waals surface area contributed by atoms with Gasteiger partial charge >= 0.3 is 0 Å². The highest BCUT2D eigenvalue weighted by atomic mass is 19.2. The van der Waals surface area contributed by atoms with E-state index in [2.05, 4.69) is 0 Å². The Kier molecular flexibility index (Phi) is 3.74. The summed E-state index contributed by atoms with van der Waals surface area (Å²) in [5.41, 5.74) is 0.863. The van der Waals surface area contributed by atoms with Gasteiger partial charge in [-0.05, 0) is 23.8 Å². The zero-order chi connectivity index (χ0) is 15.0. The Morgan fingerprint density at radius 1 is 0.905 bits per heavy atom. The Balaban J connectivity index is 1.97. The first-order valence-corrected chi connectivity index (χ1v) is 6.78. The molecular formula is C16H14F4O. The summed E-state index contributed by atoms with van der Waals surface area (Å²) in [5.74, 6) is -0.897. The van der Waals surface area contributed by atoms with Gasteiger partial charge in [-0.15, -0.1) is 0 Å². The monoisotopic (exact) mass is 298 g/mol. The van der Waals surface area contributed by atoms with E-state index in [0.29, 0.717) is 11.3 Å². The maximum absolute atomic E-state index is 14.0. The molecular weight excluding hydrogens is 284 g/mol. The molecule has 0 bridgehead atoms. The molecule has 4 unspecified atom stereocenters. The minimum absolute atomic E-state index is 0.244. The molecule has 1 aromatic heterocycles. The average Bonchev–Trinajstić information content (AvgIpc) is 3.00. The fourth-order valence-electron chi connectivity index (χ4n) is 2.81. The lowest BCUT2D eigenvalue weighted by Crippen LogP contribution is -2.43. The van der Waals surface area contributed by atoms with Gasteiger partial charge in [0.05, 0.1) is 12.2 Å². The molecule has 112 valence electrons. The SMILES string of the molecule is FC1CC(F)C(F)C(c2cccc(-c3ccco3)c2)C1F. The number of halogens is 4. The molecule has 1 heterocycles. The van der Waals surface area contributed by atoms with Crippen LogP contribution in [0.1, 0.15) is 17.9 Å². The van der Waals surface area contributed by atoms with Gasteiger partial charge in [-0.2, -0.15) is 0 Å². The molecule has 1 aliphatic rings. The molecule has 1 fully saturated rings. The molecule has 3 rings (SSSR count). The average molecular weight is 298 g/mol. The third kappa shape index (κ3) is 2.57. The van der Waals surface area contributed by atoms with Gasteiger partial charge in [0.1, 0.15) is 30.4 Å². The van der Waals surface area contributed by atoms with Crippen molar-refractivity contribution in [1.82, 2.24) is 0 Å². The van der Waals surface area contributed by atoms with Gasteiger partial charge < -0.3 is 4.42 Å². The minimum atomic E-state index is -2.04. The van der Waals surface area contributed by atoms with Crippen LogP contribution in [-0.2, 0) is 0 Å². The number of hydrogen-bond donors (Lipinski definition) is 0. The molecule has 5 heteroatoms. The number of alkyl halides is 4. The molecule has 0 saturated heterocycles. The summed E-state index contributed by atoms with van der Waals surface area (Å²) in [6.45, 7) is 0. The van der Waals surface area contributed by atoms with Crippen LogP contribution < -0.4 is 0 Å². The summed E-state index contributed by atoms with van der Waals surface area (Å²) in [6, 6.07) is 9.71. The molecule has 1 saturated carbocycles. The number of hydrogen-bond acceptors (Lipinski definition) is 1. The summed E-state index contributed by atoms with van der Waals surface area (Å²) < 4.78 is 60.3. The van der Waals surface area contributed by atoms with Crippen LogP contribution in [0.25, 0.3) is 11.3 Å². The van der Waals surface area contributed by atoms with Crippen LogP contribution in [0.2, 0.25) is 0 Å². The van der Waals surface area contributed by atoms with Crippen LogP contribution in [0, 0.1) is 0 Å². The molecule has 21 heavy (non-hydrogen) atoms. The van der Waals surface area contributed by atoms with E-state index in [-0.39, 0.29) is 5.56 Å². The number of rotatable bonds is 2. The fourth-order valence-corrected chi connectivity index (χ4v) is 2.81. The highest BCUT2D eigenvalue weighted by molar-refractivity contribution is 5.58. The molecule has 0 aliphatic heterocycles. The van der Waals surface area contributed by atoms with Gasteiger partial charge in [-0.3, -0.25) is 0 Å². The minimum Gasteiger partial charge on any atom is -0.464 e. The Bertz CT molecular complexity index is 584. The van der Waals surface area contributed by atoms with Crippen molar-refractivity contribution in [2.45, 2.75) is 37.0 Å². The third-order valence-electron chi connectivity index (χ3n) is 3.90. The Morgan fingerprint density at radius 3 is 2.24 bits per heavy atom. The molecule has 0 radical (unpaired) electrons. The van der Waals surface area contributed by atoms with Crippen LogP contribution >= 0.6 is 0 Å². The van der Waals surface area contributed by atoms with E-state index < -0.39 is 37.0 Å². The van der Waals surface area contributed by atoms with Gasteiger partial charge in [-0.1, -0.05) is 18.2 Å². The molecule has 1 nitrogen and oxygen atoms in total. The lowest BCUT2D eigenvalue weighted by atomic mass is 9.78. The summed E-state index contributed by atoms with van der Waals surface area (Å²) in [5, 5.41) is 0. The first-order valence-electron chi connectivity index (χ1n) is 6.78. The van der Waals surface area contributed by atoms with Crippen molar-refractivity contribution in [2.24, 2.45) is 0 Å². The van der Waals surface area contributed by atoms with Gasteiger partial charge in [0.2, 0.25) is 0 Å². The first kappa shape index (κ1) is 14.2. The lowest BCUT2D eigenvalue weighted by molar-refractivity contribution is -0.00569. The summed E-state index contributed by atoms with van der Waals surface area (Å²) in [6.07, 6.45) is -7.30. The van der Waals surface area contributed by atoms with E-state index >= 15 is 0 Å². The van der Waals surface area contributed by atoms with E-state index in [1.807, 2.05) is 0 Å². The molecule has 0 amide bonds. The Hall–Kier alpha value is -1.78. The van der Waals surface area contributed by atoms with Gasteiger partial charge in [0.15, 0.2) is 0 Å². The highest BCUT2D eigenvalue weighted by Crippen LogP contribution is 2.41. The van der Waals surface area contributed by atoms with Crippen molar-refractivity contribution in [3.05, 3.63) is 48.2 Å². The number of furan rings is 1. The van der Waals surface area contributed by atoms with Crippen molar-refractivity contribution in [3.8, 4) is 11.3 Å². The van der Waals surface area contributed by atoms with E-state index in [9.17, 15) is 17.6 Å². The predicted molar refractivity (Wildman–Crippen MR) is 71.1 cm³/mol. The van der Waals surface area contributed by atoms with Gasteiger partial charge in [0, 0.05) is 12.0 Å². The second-order valence-corrected chi connectivity index (χ2v) is 5.29. The van der Waals surface area contributed by atoms with Crippen LogP contribution in [0.15, 0.2) is 47.1 Å². The van der Waals surface area contributed by atoms with Gasteiger partial charge in [0.25, 0.3) is 0 Å². The van der Waals surface area contributed by atoms with E-state index in [0.717, 1.165) is 0 Å². The van der Waals surface area contributed by atoms with Crippen LogP contribution in [0.3, 0.4) is 0 Å². The van der Waals surface area contributed by atoms with Crippen molar-refractivity contribution in [1.29, 1.82) is 0 Å². The van der Waals surface area contributed by atoms with Gasteiger partial charge in [-0.25, -0.2) is 17.6 Å². The predicted octanol–water partition coefficient (Wildman–Crippen LogP) is 4.79. The Labute approximate surface area is 119 Å². The van der Waals surface area contributed by atoms with Crippen LogP contribution in [0.5, 0.6) is 0 Å². The van der Waals surface area contributed by atoms with E-state index in [1.54, 1.807) is 24.3 Å². The van der Waals surface area contributed by atoms with Crippen molar-refractivity contribution in [3.63, 3.8) is 0 Å². The normalized spacial score (nSPS) is 33.0. The molecule has 0 N–H and O–H groups in total. The van der Waals surface area contributed by atoms with Crippen molar-refractivity contribution in [2.75, 3.05) is 0 Å². The second-order valence-electron chi connectivity index (χ2n) is 5.29. The zero-order valence-corrected chi connectivity index (χ0v) is 11.1. The third-order valence-corrected chi connectivity index (χ3v) is 3.90. The zero-order valence-electron chi connectivity index (χ0n) is 11.1.